The number of hydrogen-bond acceptors (Lipinski definition) is 5. The first-order chi connectivity index (χ1) is 20.7. The average molecular weight is 588 g/mol. The minimum Gasteiger partial charge on any atom is -0.494 e. The van der Waals surface area contributed by atoms with E-state index in [0.717, 1.165) is 22.0 Å². The van der Waals surface area contributed by atoms with E-state index >= 15 is 0 Å². The topological polar surface area (TPSA) is 115 Å². The third-order valence-corrected chi connectivity index (χ3v) is 6.88. The van der Waals surface area contributed by atoms with Gasteiger partial charge in [0, 0.05) is 30.1 Å². The fourth-order valence-corrected chi connectivity index (χ4v) is 4.89. The molecule has 2 N–H and O–H groups in total. The van der Waals surface area contributed by atoms with Crippen LogP contribution in [0.1, 0.15) is 59.7 Å². The number of aliphatic carboxylic acids is 2. The molecule has 43 heavy (non-hydrogen) atoms. The molecule has 0 saturated carbocycles. The molecule has 224 valence electrons. The van der Waals surface area contributed by atoms with Gasteiger partial charge in [0.15, 0.2) is 5.78 Å². The Kier molecular flexibility index (Phi) is 10.7. The summed E-state index contributed by atoms with van der Waals surface area (Å²) in [5, 5.41) is 19.3. The Bertz CT molecular complexity index is 1620. The van der Waals surface area contributed by atoms with Gasteiger partial charge in [0.1, 0.15) is 17.3 Å². The van der Waals surface area contributed by atoms with Gasteiger partial charge < -0.3 is 24.3 Å². The summed E-state index contributed by atoms with van der Waals surface area (Å²) in [6.07, 6.45) is 7.45. The summed E-state index contributed by atoms with van der Waals surface area (Å²) in [7, 11) is 0. The van der Waals surface area contributed by atoms with Crippen molar-refractivity contribution in [2.45, 2.75) is 45.6 Å². The van der Waals surface area contributed by atoms with Gasteiger partial charge in [-0.3, -0.25) is 14.4 Å². The van der Waals surface area contributed by atoms with E-state index in [0.29, 0.717) is 50.3 Å². The van der Waals surface area contributed by atoms with Gasteiger partial charge in [-0.25, -0.2) is 4.39 Å². The Labute approximate surface area is 249 Å². The van der Waals surface area contributed by atoms with Gasteiger partial charge in [0.25, 0.3) is 0 Å². The number of carboxylic acids is 2. The number of aryl methyl sites for hydroxylation is 1. The Morgan fingerprint density at radius 1 is 0.860 bits per heavy atom. The molecule has 0 atom stereocenters. The van der Waals surface area contributed by atoms with Crippen molar-refractivity contribution in [1.82, 2.24) is 4.57 Å². The molecule has 0 amide bonds. The van der Waals surface area contributed by atoms with Gasteiger partial charge in [-0.05, 0) is 73.2 Å². The van der Waals surface area contributed by atoms with Crippen LogP contribution < -0.4 is 9.47 Å². The van der Waals surface area contributed by atoms with E-state index in [4.69, 9.17) is 14.6 Å². The zero-order valence-electron chi connectivity index (χ0n) is 23.9. The predicted octanol–water partition coefficient (Wildman–Crippen LogP) is 6.88. The van der Waals surface area contributed by atoms with Crippen molar-refractivity contribution in [2.75, 3.05) is 13.2 Å². The van der Waals surface area contributed by atoms with Crippen molar-refractivity contribution in [1.29, 1.82) is 0 Å². The largest absolute Gasteiger partial charge is 0.494 e. The zero-order valence-corrected chi connectivity index (χ0v) is 23.9. The monoisotopic (exact) mass is 587 g/mol. The summed E-state index contributed by atoms with van der Waals surface area (Å²) in [6, 6.07) is 17.7. The Morgan fingerprint density at radius 2 is 1.58 bits per heavy atom. The molecule has 0 saturated heterocycles. The number of unbranched alkanes of at least 4 members (excludes halogenated alkanes) is 1. The van der Waals surface area contributed by atoms with E-state index in [-0.39, 0.29) is 29.9 Å². The first-order valence-electron chi connectivity index (χ1n) is 14.1. The second kappa shape index (κ2) is 14.8. The summed E-state index contributed by atoms with van der Waals surface area (Å²) in [4.78, 5) is 34.2. The summed E-state index contributed by atoms with van der Waals surface area (Å²) >= 11 is 0. The van der Waals surface area contributed by atoms with Crippen LogP contribution >= 0.6 is 0 Å². The summed E-state index contributed by atoms with van der Waals surface area (Å²) < 4.78 is 27.3. The van der Waals surface area contributed by atoms with Crippen LogP contribution in [-0.4, -0.2) is 45.7 Å². The lowest BCUT2D eigenvalue weighted by atomic mass is 10.0. The van der Waals surface area contributed by atoms with E-state index < -0.39 is 17.8 Å². The lowest BCUT2D eigenvalue weighted by Crippen LogP contribution is -2.06. The van der Waals surface area contributed by atoms with Crippen LogP contribution in [0.3, 0.4) is 0 Å². The number of halogens is 1. The lowest BCUT2D eigenvalue weighted by Gasteiger charge is -2.11. The molecule has 0 unspecified atom stereocenters. The third kappa shape index (κ3) is 8.54. The van der Waals surface area contributed by atoms with Crippen molar-refractivity contribution < 1.29 is 38.5 Å². The van der Waals surface area contributed by atoms with Crippen LogP contribution in [0.5, 0.6) is 11.5 Å². The van der Waals surface area contributed by atoms with Gasteiger partial charge in [-0.2, -0.15) is 0 Å². The quantitative estimate of drug-likeness (QED) is 0.0834. The number of carboxylic acid groups (broad SMARTS) is 2. The highest BCUT2D eigenvalue weighted by Gasteiger charge is 2.15. The minimum absolute atomic E-state index is 0.0309. The summed E-state index contributed by atoms with van der Waals surface area (Å²) in [6.45, 7) is 2.60. The van der Waals surface area contributed by atoms with Crippen LogP contribution in [-0.2, 0) is 22.6 Å². The molecule has 1 heterocycles. The Balaban J connectivity index is 1.33. The molecule has 0 aliphatic rings. The number of carbonyl (C=O) groups excluding carboxylic acids is 1. The molecule has 8 nitrogen and oxygen atoms in total. The molecule has 0 radical (unpaired) electrons. The van der Waals surface area contributed by atoms with Gasteiger partial charge in [0.05, 0.1) is 25.2 Å². The number of fused-ring (bicyclic) bond motifs is 1. The Hall–Kier alpha value is -4.92. The fraction of sp³-hybridized carbons (Fsp3) is 0.265. The number of nitrogens with zero attached hydrogens (tertiary/aromatic N) is 1. The SMILES string of the molecule is CC(=O)c1c(F)cccc1OCCCCOc1ccc(C=Cc2cccc3c2c(CC(=O)O)cn3CCCC(=O)O)cc1. The number of aromatic nitrogens is 1. The van der Waals surface area contributed by atoms with Gasteiger partial charge in [-0.15, -0.1) is 0 Å². The predicted molar refractivity (Wildman–Crippen MR) is 162 cm³/mol. The van der Waals surface area contributed by atoms with Crippen LogP contribution in [0.4, 0.5) is 4.39 Å². The van der Waals surface area contributed by atoms with Crippen LogP contribution in [0.2, 0.25) is 0 Å². The third-order valence-electron chi connectivity index (χ3n) is 6.88. The molecule has 4 aromatic rings. The molecule has 3 aromatic carbocycles. The van der Waals surface area contributed by atoms with E-state index in [9.17, 15) is 23.9 Å². The van der Waals surface area contributed by atoms with Crippen molar-refractivity contribution in [3.05, 3.63) is 94.9 Å². The lowest BCUT2D eigenvalue weighted by molar-refractivity contribution is -0.137. The number of benzene rings is 3. The molecule has 0 aliphatic carbocycles. The minimum atomic E-state index is -0.930. The number of ketones is 1. The molecule has 0 spiro atoms. The highest BCUT2D eigenvalue weighted by Crippen LogP contribution is 2.28. The molecular weight excluding hydrogens is 553 g/mol. The first kappa shape index (κ1) is 31.0. The van der Waals surface area contributed by atoms with Gasteiger partial charge in [0.2, 0.25) is 0 Å². The molecule has 0 bridgehead atoms. The van der Waals surface area contributed by atoms with Gasteiger partial charge in [-0.1, -0.05) is 42.5 Å². The number of rotatable bonds is 16. The second-order valence-corrected chi connectivity index (χ2v) is 10.1. The molecule has 0 fully saturated rings. The van der Waals surface area contributed by atoms with Crippen LogP contribution in [0.15, 0.2) is 66.9 Å². The maximum atomic E-state index is 13.9. The maximum absolute atomic E-state index is 13.9. The van der Waals surface area contributed by atoms with Crippen LogP contribution in [0, 0.1) is 5.82 Å². The van der Waals surface area contributed by atoms with E-state index in [1.807, 2.05) is 59.2 Å². The zero-order chi connectivity index (χ0) is 30.8. The molecule has 0 aliphatic heterocycles. The van der Waals surface area contributed by atoms with Crippen molar-refractivity contribution in [3.63, 3.8) is 0 Å². The Morgan fingerprint density at radius 3 is 2.28 bits per heavy atom. The molecule has 9 heteroatoms. The normalized spacial score (nSPS) is 11.2. The van der Waals surface area contributed by atoms with E-state index in [1.54, 1.807) is 12.3 Å². The number of Topliss-reactive ketones (excluding diaryl/α,β-unsaturated/α-hetero) is 1. The first-order valence-corrected chi connectivity index (χ1v) is 14.1. The summed E-state index contributed by atoms with van der Waals surface area (Å²) in [5.74, 6) is -1.79. The van der Waals surface area contributed by atoms with E-state index in [1.165, 1.54) is 19.1 Å². The van der Waals surface area contributed by atoms with Crippen molar-refractivity contribution >= 4 is 40.8 Å². The smallest absolute Gasteiger partial charge is 0.307 e. The highest BCUT2D eigenvalue weighted by atomic mass is 19.1. The highest BCUT2D eigenvalue weighted by molar-refractivity contribution is 5.97. The number of hydrogen-bond donors (Lipinski definition) is 2. The fourth-order valence-electron chi connectivity index (χ4n) is 4.89. The number of carbonyl (C=O) groups is 3. The maximum Gasteiger partial charge on any atom is 0.307 e. The standard InChI is InChI=1S/C34H34FNO7/c1-23(37)33-28(35)8-5-10-30(33)43-20-3-2-19-42-27-16-13-24(14-17-27)12-15-25-7-4-9-29-34(25)26(21-32(40)41)22-36(29)18-6-11-31(38)39/h4-5,7-10,12-17,22H,2-3,6,11,18-21H2,1H3,(H,38,39)(H,40,41). The molecular formula is C34H34FNO7. The second-order valence-electron chi connectivity index (χ2n) is 10.1. The van der Waals surface area contributed by atoms with E-state index in [2.05, 4.69) is 0 Å². The average Bonchev–Trinajstić information content (AvgIpc) is 3.31. The van der Waals surface area contributed by atoms with Crippen molar-refractivity contribution in [2.24, 2.45) is 0 Å². The molecule has 1 aromatic heterocycles. The molecule has 4 rings (SSSR count). The van der Waals surface area contributed by atoms with Crippen molar-refractivity contribution in [3.8, 4) is 11.5 Å². The summed E-state index contributed by atoms with van der Waals surface area (Å²) in [5.41, 5.74) is 3.34. The number of ether oxygens (including phenoxy) is 2. The van der Waals surface area contributed by atoms with Gasteiger partial charge >= 0.3 is 11.9 Å². The van der Waals surface area contributed by atoms with Crippen LogP contribution in [0.25, 0.3) is 23.1 Å².